The molecule has 0 heterocycles. The monoisotopic (exact) mass is 186 g/mol. The van der Waals surface area contributed by atoms with Gasteiger partial charge in [-0.15, -0.1) is 0 Å². The molecule has 0 saturated heterocycles. The van der Waals surface area contributed by atoms with Crippen LogP contribution in [0.1, 0.15) is 19.3 Å². The lowest BCUT2D eigenvalue weighted by Crippen LogP contribution is -2.20. The van der Waals surface area contributed by atoms with E-state index in [2.05, 4.69) is 9.73 Å². The van der Waals surface area contributed by atoms with Gasteiger partial charge in [0.15, 0.2) is 6.04 Å². The third-order valence-corrected chi connectivity index (χ3v) is 1.61. The van der Waals surface area contributed by atoms with Gasteiger partial charge in [0.05, 0.1) is 7.11 Å². The van der Waals surface area contributed by atoms with Gasteiger partial charge in [-0.3, -0.25) is 0 Å². The Morgan fingerprint density at radius 1 is 1.62 bits per heavy atom. The fraction of sp³-hybridized carbons (Fsp3) is 0.750. The molecule has 0 aromatic heterocycles. The number of nitrogens with two attached hydrogens (primary N) is 1. The molecule has 0 saturated carbocycles. The summed E-state index contributed by atoms with van der Waals surface area (Å²) in [6, 6.07) is -0.714. The van der Waals surface area contributed by atoms with Crippen molar-refractivity contribution in [1.29, 1.82) is 0 Å². The molecule has 0 aromatic carbocycles. The zero-order valence-corrected chi connectivity index (χ0v) is 7.66. The van der Waals surface area contributed by atoms with Crippen LogP contribution in [0.5, 0.6) is 0 Å². The Kier molecular flexibility index (Phi) is 6.78. The third-order valence-electron chi connectivity index (χ3n) is 1.61. The van der Waals surface area contributed by atoms with Crippen LogP contribution in [0.2, 0.25) is 0 Å². The second kappa shape index (κ2) is 7.46. The van der Waals surface area contributed by atoms with E-state index in [4.69, 9.17) is 5.73 Å². The predicted octanol–water partition coefficient (Wildman–Crippen LogP) is -0.00720. The largest absolute Gasteiger partial charge is 0.467 e. The van der Waals surface area contributed by atoms with E-state index in [1.54, 1.807) is 0 Å². The van der Waals surface area contributed by atoms with Crippen molar-refractivity contribution in [1.82, 2.24) is 0 Å². The number of aliphatic imine (C=N–C) groups is 1. The maximum atomic E-state index is 11.0. The predicted molar refractivity (Wildman–Crippen MR) is 46.8 cm³/mol. The lowest BCUT2D eigenvalue weighted by molar-refractivity contribution is -0.142. The van der Waals surface area contributed by atoms with Crippen molar-refractivity contribution in [2.24, 2.45) is 10.7 Å². The minimum absolute atomic E-state index is 0.485. The first-order chi connectivity index (χ1) is 6.26. The molecule has 0 radical (unpaired) electrons. The zero-order valence-electron chi connectivity index (χ0n) is 7.66. The maximum absolute atomic E-state index is 11.0. The van der Waals surface area contributed by atoms with Crippen molar-refractivity contribution >= 4 is 12.0 Å². The topological polar surface area (TPSA) is 81.8 Å². The van der Waals surface area contributed by atoms with E-state index in [1.807, 2.05) is 0 Å². The zero-order chi connectivity index (χ0) is 10.1. The molecule has 1 atom stereocenters. The number of nitrogens with zero attached hydrogens (tertiary/aromatic N) is 1. The second-order valence-corrected chi connectivity index (χ2v) is 2.54. The number of carbonyl (C=O) groups excluding carboxylic acids is 2. The van der Waals surface area contributed by atoms with Crippen LogP contribution in [0.3, 0.4) is 0 Å². The summed E-state index contributed by atoms with van der Waals surface area (Å²) >= 11 is 0. The summed E-state index contributed by atoms with van der Waals surface area (Å²) in [5.41, 5.74) is 5.27. The second-order valence-electron chi connectivity index (χ2n) is 2.54. The molecular formula is C8H14N2O3. The van der Waals surface area contributed by atoms with E-state index >= 15 is 0 Å². The number of isocyanates is 1. The molecule has 0 rings (SSSR count). The highest BCUT2D eigenvalue weighted by atomic mass is 16.5. The maximum Gasteiger partial charge on any atom is 0.331 e. The molecule has 0 aliphatic rings. The van der Waals surface area contributed by atoms with Crippen LogP contribution in [0.25, 0.3) is 0 Å². The summed E-state index contributed by atoms with van der Waals surface area (Å²) in [6.07, 6.45) is 3.40. The van der Waals surface area contributed by atoms with Gasteiger partial charge < -0.3 is 10.5 Å². The number of carbonyl (C=O) groups is 1. The highest BCUT2D eigenvalue weighted by Crippen LogP contribution is 2.05. The van der Waals surface area contributed by atoms with Crippen molar-refractivity contribution in [2.75, 3.05) is 13.7 Å². The van der Waals surface area contributed by atoms with Gasteiger partial charge in [-0.05, 0) is 25.8 Å². The van der Waals surface area contributed by atoms with E-state index in [-0.39, 0.29) is 0 Å². The van der Waals surface area contributed by atoms with Gasteiger partial charge in [-0.25, -0.2) is 9.59 Å². The summed E-state index contributed by atoms with van der Waals surface area (Å²) in [5.74, 6) is -0.500. The van der Waals surface area contributed by atoms with E-state index < -0.39 is 12.0 Å². The minimum atomic E-state index is -0.714. The quantitative estimate of drug-likeness (QED) is 0.274. The number of methoxy groups -OCH3 is 1. The molecule has 0 amide bonds. The Balaban J connectivity index is 3.94. The smallest absolute Gasteiger partial charge is 0.331 e. The van der Waals surface area contributed by atoms with E-state index in [1.165, 1.54) is 13.2 Å². The van der Waals surface area contributed by atoms with Gasteiger partial charge in [0.1, 0.15) is 0 Å². The highest BCUT2D eigenvalue weighted by Gasteiger charge is 2.16. The van der Waals surface area contributed by atoms with Crippen LogP contribution in [0, 0.1) is 0 Å². The Hall–Kier alpha value is -1.19. The van der Waals surface area contributed by atoms with Crippen molar-refractivity contribution < 1.29 is 14.3 Å². The Labute approximate surface area is 77.0 Å². The Morgan fingerprint density at radius 3 is 2.77 bits per heavy atom. The first kappa shape index (κ1) is 11.8. The van der Waals surface area contributed by atoms with Gasteiger partial charge in [-0.1, -0.05) is 0 Å². The lowest BCUT2D eigenvalue weighted by atomic mass is 10.1. The molecule has 74 valence electrons. The van der Waals surface area contributed by atoms with Gasteiger partial charge in [0.2, 0.25) is 6.08 Å². The SMILES string of the molecule is COC(=O)C(CCCCN)N=C=O. The van der Waals surface area contributed by atoms with Gasteiger partial charge in [-0.2, -0.15) is 4.99 Å². The highest BCUT2D eigenvalue weighted by molar-refractivity contribution is 5.76. The summed E-state index contributed by atoms with van der Waals surface area (Å²) in [6.45, 7) is 0.568. The van der Waals surface area contributed by atoms with E-state index in [0.717, 1.165) is 12.8 Å². The normalized spacial score (nSPS) is 11.5. The van der Waals surface area contributed by atoms with Crippen molar-refractivity contribution in [3.05, 3.63) is 0 Å². The summed E-state index contributed by atoms with van der Waals surface area (Å²) < 4.78 is 4.45. The molecule has 0 aliphatic heterocycles. The van der Waals surface area contributed by atoms with Crippen LogP contribution in [-0.2, 0) is 14.3 Å². The molecule has 5 nitrogen and oxygen atoms in total. The van der Waals surface area contributed by atoms with Crippen LogP contribution >= 0.6 is 0 Å². The Bertz CT molecular complexity index is 200. The number of ether oxygens (including phenoxy) is 1. The fourth-order valence-electron chi connectivity index (χ4n) is 0.917. The van der Waals surface area contributed by atoms with Gasteiger partial charge in [0, 0.05) is 0 Å². The molecular weight excluding hydrogens is 172 g/mol. The molecule has 0 aromatic rings. The number of hydrogen-bond donors (Lipinski definition) is 1. The Morgan fingerprint density at radius 2 is 2.31 bits per heavy atom. The van der Waals surface area contributed by atoms with Crippen LogP contribution in [0.15, 0.2) is 4.99 Å². The minimum Gasteiger partial charge on any atom is -0.467 e. The molecule has 13 heavy (non-hydrogen) atoms. The van der Waals surface area contributed by atoms with Gasteiger partial charge >= 0.3 is 5.97 Å². The van der Waals surface area contributed by atoms with Crippen LogP contribution < -0.4 is 5.73 Å². The van der Waals surface area contributed by atoms with Crippen molar-refractivity contribution in [3.63, 3.8) is 0 Å². The molecule has 0 spiro atoms. The molecule has 0 fully saturated rings. The lowest BCUT2D eigenvalue weighted by Gasteiger charge is -2.06. The number of esters is 1. The number of hydrogen-bond acceptors (Lipinski definition) is 5. The summed E-state index contributed by atoms with van der Waals surface area (Å²) in [5, 5.41) is 0. The first-order valence-corrected chi connectivity index (χ1v) is 4.11. The average molecular weight is 186 g/mol. The fourth-order valence-corrected chi connectivity index (χ4v) is 0.917. The summed E-state index contributed by atoms with van der Waals surface area (Å²) in [7, 11) is 1.26. The molecule has 5 heteroatoms. The van der Waals surface area contributed by atoms with Gasteiger partial charge in [0.25, 0.3) is 0 Å². The van der Waals surface area contributed by atoms with Crippen molar-refractivity contribution in [2.45, 2.75) is 25.3 Å². The van der Waals surface area contributed by atoms with Crippen LogP contribution in [-0.4, -0.2) is 31.7 Å². The third kappa shape index (κ3) is 5.11. The van der Waals surface area contributed by atoms with Crippen molar-refractivity contribution in [3.8, 4) is 0 Å². The standard InChI is InChI=1S/C8H14N2O3/c1-13-8(12)7(10-6-11)4-2-3-5-9/h7H,2-5,9H2,1H3. The van der Waals surface area contributed by atoms with E-state index in [9.17, 15) is 9.59 Å². The van der Waals surface area contributed by atoms with E-state index in [0.29, 0.717) is 13.0 Å². The average Bonchev–Trinajstić information content (AvgIpc) is 2.16. The first-order valence-electron chi connectivity index (χ1n) is 4.11. The number of unbranched alkanes of at least 4 members (excludes halogenated alkanes) is 1. The van der Waals surface area contributed by atoms with Crippen LogP contribution in [0.4, 0.5) is 0 Å². The molecule has 1 unspecified atom stereocenters. The molecule has 0 bridgehead atoms. The molecule has 2 N–H and O–H groups in total. The molecule has 0 aliphatic carbocycles. The number of rotatable bonds is 6. The summed E-state index contributed by atoms with van der Waals surface area (Å²) in [4.78, 5) is 24.3.